The smallest absolute Gasteiger partial charge is 0.281 e. The molecule has 0 heterocycles. The second-order valence-corrected chi connectivity index (χ2v) is 3.52. The van der Waals surface area contributed by atoms with Crippen LogP contribution in [0.5, 0.6) is 0 Å². The van der Waals surface area contributed by atoms with Crippen molar-refractivity contribution >= 4 is 10.1 Å². The maximum Gasteiger partial charge on any atom is 0.281 e. The van der Waals surface area contributed by atoms with Gasteiger partial charge in [0.05, 0.1) is 6.07 Å². The van der Waals surface area contributed by atoms with Crippen LogP contribution in [0.25, 0.3) is 0 Å². The maximum absolute atomic E-state index is 10.3. The van der Waals surface area contributed by atoms with E-state index in [2.05, 4.69) is 0 Å². The molecule has 0 amide bonds. The van der Waals surface area contributed by atoms with Gasteiger partial charge in [-0.3, -0.25) is 4.55 Å². The van der Waals surface area contributed by atoms with E-state index < -0.39 is 15.4 Å². The van der Waals surface area contributed by atoms with Gasteiger partial charge in [0, 0.05) is 0 Å². The van der Waals surface area contributed by atoms with Crippen LogP contribution in [0.15, 0.2) is 0 Å². The van der Waals surface area contributed by atoms with Crippen LogP contribution in [0.1, 0.15) is 19.8 Å². The van der Waals surface area contributed by atoms with Crippen molar-refractivity contribution in [1.82, 2.24) is 0 Å². The Kier molecular flexibility index (Phi) is 3.33. The van der Waals surface area contributed by atoms with Gasteiger partial charge in [-0.2, -0.15) is 13.7 Å². The first-order valence-corrected chi connectivity index (χ1v) is 4.38. The fourth-order valence-corrected chi connectivity index (χ4v) is 1.21. The second-order valence-electron chi connectivity index (χ2n) is 1.92. The predicted molar refractivity (Wildman–Crippen MR) is 35.9 cm³/mol. The van der Waals surface area contributed by atoms with Crippen LogP contribution in [0, 0.1) is 11.3 Å². The van der Waals surface area contributed by atoms with E-state index in [1.165, 1.54) is 6.07 Å². The van der Waals surface area contributed by atoms with Crippen LogP contribution in [0.2, 0.25) is 0 Å². The molecule has 1 unspecified atom stereocenters. The van der Waals surface area contributed by atoms with E-state index in [0.29, 0.717) is 6.42 Å². The van der Waals surface area contributed by atoms with E-state index in [9.17, 15) is 8.42 Å². The highest BCUT2D eigenvalue weighted by Gasteiger charge is 2.20. The number of nitriles is 1. The Bertz CT molecular complexity index is 226. The summed E-state index contributed by atoms with van der Waals surface area (Å²) in [5.41, 5.74) is 0. The molecular weight excluding hydrogens is 154 g/mol. The molecule has 4 nitrogen and oxygen atoms in total. The molecular formula is C5H9NO3S. The van der Waals surface area contributed by atoms with E-state index in [4.69, 9.17) is 9.81 Å². The average molecular weight is 163 g/mol. The summed E-state index contributed by atoms with van der Waals surface area (Å²) in [6, 6.07) is 1.50. The summed E-state index contributed by atoms with van der Waals surface area (Å²) in [7, 11) is -4.14. The molecule has 0 aromatic heterocycles. The van der Waals surface area contributed by atoms with Gasteiger partial charge in [-0.15, -0.1) is 0 Å². The summed E-state index contributed by atoms with van der Waals surface area (Å²) in [6.45, 7) is 1.75. The van der Waals surface area contributed by atoms with E-state index in [-0.39, 0.29) is 6.42 Å². The summed E-state index contributed by atoms with van der Waals surface area (Å²) in [5.74, 6) is 0. The van der Waals surface area contributed by atoms with Crippen molar-refractivity contribution < 1.29 is 13.0 Å². The quantitative estimate of drug-likeness (QED) is 0.617. The molecule has 0 fully saturated rings. The summed E-state index contributed by atoms with van der Waals surface area (Å²) in [4.78, 5) is 0. The van der Waals surface area contributed by atoms with Crippen LogP contribution in [0.3, 0.4) is 0 Å². The molecule has 1 atom stereocenters. The molecule has 0 aromatic carbocycles. The summed E-state index contributed by atoms with van der Waals surface area (Å²) in [6.07, 6.45) is 0.757. The minimum absolute atomic E-state index is 0.190. The van der Waals surface area contributed by atoms with Gasteiger partial charge in [0.1, 0.15) is 0 Å². The summed E-state index contributed by atoms with van der Waals surface area (Å²) >= 11 is 0. The van der Waals surface area contributed by atoms with Crippen LogP contribution < -0.4 is 0 Å². The standard InChI is InChI=1S/C5H9NO3S/c1-2-3-5(4-6)10(7,8)9/h5H,2-3H2,1H3,(H,7,8,9). The SMILES string of the molecule is CCCC(C#N)S(=O)(=O)O. The largest absolute Gasteiger partial charge is 0.285 e. The van der Waals surface area contributed by atoms with E-state index in [1.807, 2.05) is 0 Å². The Balaban J connectivity index is 4.27. The van der Waals surface area contributed by atoms with Gasteiger partial charge in [-0.25, -0.2) is 0 Å². The van der Waals surface area contributed by atoms with Gasteiger partial charge >= 0.3 is 0 Å². The topological polar surface area (TPSA) is 78.2 Å². The van der Waals surface area contributed by atoms with Crippen LogP contribution >= 0.6 is 0 Å². The molecule has 0 saturated carbocycles. The first-order chi connectivity index (χ1) is 4.52. The first kappa shape index (κ1) is 9.40. The lowest BCUT2D eigenvalue weighted by molar-refractivity contribution is 0.472. The Morgan fingerprint density at radius 1 is 1.70 bits per heavy atom. The zero-order valence-electron chi connectivity index (χ0n) is 5.61. The molecule has 0 saturated heterocycles. The van der Waals surface area contributed by atoms with Gasteiger partial charge in [0.15, 0.2) is 5.25 Å². The van der Waals surface area contributed by atoms with Crippen LogP contribution in [-0.2, 0) is 10.1 Å². The van der Waals surface area contributed by atoms with Gasteiger partial charge in [-0.05, 0) is 6.42 Å². The minimum atomic E-state index is -4.14. The fourth-order valence-electron chi connectivity index (χ4n) is 0.542. The molecule has 0 rings (SSSR count). The van der Waals surface area contributed by atoms with Crippen molar-refractivity contribution in [2.45, 2.75) is 25.0 Å². The van der Waals surface area contributed by atoms with E-state index in [1.54, 1.807) is 6.92 Å². The van der Waals surface area contributed by atoms with E-state index in [0.717, 1.165) is 0 Å². The zero-order chi connectivity index (χ0) is 8.20. The van der Waals surface area contributed by atoms with Gasteiger partial charge in [-0.1, -0.05) is 13.3 Å². The van der Waals surface area contributed by atoms with Crippen LogP contribution in [0.4, 0.5) is 0 Å². The highest BCUT2D eigenvalue weighted by Crippen LogP contribution is 2.04. The normalized spacial score (nSPS) is 14.1. The highest BCUT2D eigenvalue weighted by atomic mass is 32.2. The van der Waals surface area contributed by atoms with Crippen molar-refractivity contribution in [1.29, 1.82) is 5.26 Å². The van der Waals surface area contributed by atoms with Crippen molar-refractivity contribution in [3.63, 3.8) is 0 Å². The fraction of sp³-hybridized carbons (Fsp3) is 0.800. The minimum Gasteiger partial charge on any atom is -0.285 e. The number of hydrogen-bond donors (Lipinski definition) is 1. The number of rotatable bonds is 3. The van der Waals surface area contributed by atoms with Gasteiger partial charge in [0.2, 0.25) is 0 Å². The average Bonchev–Trinajstić information content (AvgIpc) is 1.80. The Hall–Kier alpha value is -0.600. The maximum atomic E-state index is 10.3. The molecule has 0 aromatic rings. The lowest BCUT2D eigenvalue weighted by Crippen LogP contribution is -2.17. The lowest BCUT2D eigenvalue weighted by atomic mass is 10.3. The zero-order valence-corrected chi connectivity index (χ0v) is 6.43. The molecule has 0 radical (unpaired) electrons. The Morgan fingerprint density at radius 3 is 2.30 bits per heavy atom. The molecule has 0 aliphatic carbocycles. The first-order valence-electron chi connectivity index (χ1n) is 2.88. The molecule has 0 bridgehead atoms. The van der Waals surface area contributed by atoms with Crippen molar-refractivity contribution in [2.75, 3.05) is 0 Å². The molecule has 0 aliphatic heterocycles. The monoisotopic (exact) mass is 163 g/mol. The summed E-state index contributed by atoms with van der Waals surface area (Å²) < 4.78 is 28.9. The van der Waals surface area contributed by atoms with E-state index >= 15 is 0 Å². The van der Waals surface area contributed by atoms with Crippen molar-refractivity contribution in [3.05, 3.63) is 0 Å². The third-order valence-electron chi connectivity index (χ3n) is 1.05. The lowest BCUT2D eigenvalue weighted by Gasteiger charge is -2.00. The molecule has 1 N–H and O–H groups in total. The van der Waals surface area contributed by atoms with Crippen molar-refractivity contribution in [3.8, 4) is 6.07 Å². The Labute approximate surface area is 60.2 Å². The van der Waals surface area contributed by atoms with Crippen molar-refractivity contribution in [2.24, 2.45) is 0 Å². The molecule has 0 spiro atoms. The third-order valence-corrected chi connectivity index (χ3v) is 2.11. The van der Waals surface area contributed by atoms with Gasteiger partial charge in [0.25, 0.3) is 10.1 Å². The molecule has 58 valence electrons. The Morgan fingerprint density at radius 2 is 2.20 bits per heavy atom. The molecule has 10 heavy (non-hydrogen) atoms. The second kappa shape index (κ2) is 3.54. The third kappa shape index (κ3) is 2.80. The van der Waals surface area contributed by atoms with Gasteiger partial charge < -0.3 is 0 Å². The predicted octanol–water partition coefficient (Wildman–Crippen LogP) is 0.566. The molecule has 5 heteroatoms. The molecule has 0 aliphatic rings. The summed E-state index contributed by atoms with van der Waals surface area (Å²) in [5, 5.41) is 6.95. The van der Waals surface area contributed by atoms with Crippen LogP contribution in [-0.4, -0.2) is 18.2 Å². The number of nitrogens with zero attached hydrogens (tertiary/aromatic N) is 1. The highest BCUT2D eigenvalue weighted by molar-refractivity contribution is 7.86. The number of hydrogen-bond acceptors (Lipinski definition) is 3.